The maximum atomic E-state index is 12.3. The Morgan fingerprint density at radius 2 is 1.96 bits per heavy atom. The quantitative estimate of drug-likeness (QED) is 0.566. The van der Waals surface area contributed by atoms with Crippen molar-refractivity contribution in [3.05, 3.63) is 28.7 Å². The smallest absolute Gasteiger partial charge is 0.343 e. The SMILES string of the molecule is COC(=O)COc1ccc(/C=C2\SC(=O)N(C(C)C)C2=O)cc1OC. The summed E-state index contributed by atoms with van der Waals surface area (Å²) in [5, 5.41) is -0.281. The average molecular weight is 365 g/mol. The second-order valence-electron chi connectivity index (χ2n) is 5.42. The standard InChI is InChI=1S/C17H19NO6S/c1-10(2)18-16(20)14(25-17(18)21)8-11-5-6-12(13(7-11)22-3)24-9-15(19)23-4/h5-8,10H,9H2,1-4H3/b14-8-. The van der Waals surface area contributed by atoms with Crippen LogP contribution in [0.15, 0.2) is 23.1 Å². The fraction of sp³-hybridized carbons (Fsp3) is 0.353. The van der Waals surface area contributed by atoms with E-state index < -0.39 is 5.97 Å². The zero-order valence-corrected chi connectivity index (χ0v) is 15.2. The highest BCUT2D eigenvalue weighted by molar-refractivity contribution is 8.18. The van der Waals surface area contributed by atoms with Crippen molar-refractivity contribution >= 4 is 35.0 Å². The van der Waals surface area contributed by atoms with Gasteiger partial charge in [-0.3, -0.25) is 14.5 Å². The summed E-state index contributed by atoms with van der Waals surface area (Å²) in [6, 6.07) is 4.80. The summed E-state index contributed by atoms with van der Waals surface area (Å²) in [5.41, 5.74) is 0.677. The molecule has 7 nitrogen and oxygen atoms in total. The highest BCUT2D eigenvalue weighted by atomic mass is 32.2. The molecule has 0 saturated carbocycles. The van der Waals surface area contributed by atoms with E-state index in [1.807, 2.05) is 0 Å². The van der Waals surface area contributed by atoms with Gasteiger partial charge in [-0.2, -0.15) is 0 Å². The lowest BCUT2D eigenvalue weighted by atomic mass is 10.2. The van der Waals surface area contributed by atoms with Crippen LogP contribution in [0, 0.1) is 0 Å². The number of amides is 2. The number of imide groups is 1. The minimum absolute atomic E-state index is 0.193. The molecule has 1 aromatic carbocycles. The van der Waals surface area contributed by atoms with Crippen molar-refractivity contribution in [1.82, 2.24) is 4.90 Å². The number of methoxy groups -OCH3 is 2. The van der Waals surface area contributed by atoms with Gasteiger partial charge in [0.1, 0.15) is 0 Å². The molecule has 0 spiro atoms. The molecular weight excluding hydrogens is 346 g/mol. The summed E-state index contributed by atoms with van der Waals surface area (Å²) in [4.78, 5) is 37.0. The Labute approximate surface area is 149 Å². The lowest BCUT2D eigenvalue weighted by molar-refractivity contribution is -0.143. The van der Waals surface area contributed by atoms with E-state index in [-0.39, 0.29) is 23.8 Å². The summed E-state index contributed by atoms with van der Waals surface area (Å²) in [7, 11) is 2.74. The van der Waals surface area contributed by atoms with E-state index in [2.05, 4.69) is 4.74 Å². The molecule has 134 valence electrons. The number of hydrogen-bond acceptors (Lipinski definition) is 7. The first-order valence-electron chi connectivity index (χ1n) is 7.52. The second-order valence-corrected chi connectivity index (χ2v) is 6.41. The Balaban J connectivity index is 2.22. The highest BCUT2D eigenvalue weighted by Gasteiger charge is 2.36. The first-order valence-corrected chi connectivity index (χ1v) is 8.33. The van der Waals surface area contributed by atoms with E-state index in [4.69, 9.17) is 9.47 Å². The van der Waals surface area contributed by atoms with Gasteiger partial charge in [0.05, 0.1) is 19.1 Å². The maximum Gasteiger partial charge on any atom is 0.343 e. The molecule has 1 saturated heterocycles. The fourth-order valence-electron chi connectivity index (χ4n) is 2.17. The molecule has 2 amide bonds. The third-order valence-electron chi connectivity index (χ3n) is 3.40. The van der Waals surface area contributed by atoms with Crippen molar-refractivity contribution in [3.8, 4) is 11.5 Å². The van der Waals surface area contributed by atoms with Crippen LogP contribution in [-0.4, -0.2) is 48.9 Å². The molecule has 0 radical (unpaired) electrons. The zero-order valence-electron chi connectivity index (χ0n) is 14.4. The van der Waals surface area contributed by atoms with Crippen LogP contribution in [0.2, 0.25) is 0 Å². The van der Waals surface area contributed by atoms with E-state index in [0.29, 0.717) is 22.0 Å². The van der Waals surface area contributed by atoms with E-state index >= 15 is 0 Å². The largest absolute Gasteiger partial charge is 0.493 e. The van der Waals surface area contributed by atoms with Gasteiger partial charge in [-0.25, -0.2) is 4.79 Å². The fourth-order valence-corrected chi connectivity index (χ4v) is 3.13. The molecule has 0 aliphatic carbocycles. The van der Waals surface area contributed by atoms with Gasteiger partial charge < -0.3 is 14.2 Å². The van der Waals surface area contributed by atoms with E-state index in [1.165, 1.54) is 19.1 Å². The lowest BCUT2D eigenvalue weighted by Crippen LogP contribution is -2.34. The molecule has 0 N–H and O–H groups in total. The van der Waals surface area contributed by atoms with Gasteiger partial charge in [0.25, 0.3) is 11.1 Å². The summed E-state index contributed by atoms with van der Waals surface area (Å²) in [6.45, 7) is 3.34. The summed E-state index contributed by atoms with van der Waals surface area (Å²) < 4.78 is 15.1. The summed E-state index contributed by atoms with van der Waals surface area (Å²) in [6.07, 6.45) is 1.62. The number of nitrogens with zero attached hydrogens (tertiary/aromatic N) is 1. The molecule has 1 aliphatic heterocycles. The van der Waals surface area contributed by atoms with Gasteiger partial charge in [-0.05, 0) is 49.4 Å². The number of benzene rings is 1. The third kappa shape index (κ3) is 4.33. The first-order chi connectivity index (χ1) is 11.9. The molecular formula is C17H19NO6S. The molecule has 25 heavy (non-hydrogen) atoms. The minimum atomic E-state index is -0.506. The van der Waals surface area contributed by atoms with Gasteiger partial charge in [-0.15, -0.1) is 0 Å². The van der Waals surface area contributed by atoms with Crippen LogP contribution in [-0.2, 0) is 14.3 Å². The minimum Gasteiger partial charge on any atom is -0.493 e. The topological polar surface area (TPSA) is 82.1 Å². The summed E-state index contributed by atoms with van der Waals surface area (Å²) in [5.74, 6) is -0.0375. The highest BCUT2D eigenvalue weighted by Crippen LogP contribution is 2.35. The number of ether oxygens (including phenoxy) is 3. The molecule has 0 unspecified atom stereocenters. The van der Waals surface area contributed by atoms with Crippen molar-refractivity contribution in [2.24, 2.45) is 0 Å². The first kappa shape index (κ1) is 18.9. The van der Waals surface area contributed by atoms with Crippen LogP contribution < -0.4 is 9.47 Å². The van der Waals surface area contributed by atoms with Gasteiger partial charge >= 0.3 is 5.97 Å². The molecule has 1 aliphatic rings. The number of thioether (sulfide) groups is 1. The molecule has 2 rings (SSSR count). The Kier molecular flexibility index (Phi) is 6.08. The van der Waals surface area contributed by atoms with Crippen LogP contribution in [0.5, 0.6) is 11.5 Å². The molecule has 0 bridgehead atoms. The van der Waals surface area contributed by atoms with Crippen LogP contribution >= 0.6 is 11.8 Å². The van der Waals surface area contributed by atoms with Crippen molar-refractivity contribution in [2.45, 2.75) is 19.9 Å². The molecule has 1 aromatic rings. The normalized spacial score (nSPS) is 15.9. The predicted molar refractivity (Wildman–Crippen MR) is 93.5 cm³/mol. The molecule has 8 heteroatoms. The Bertz CT molecular complexity index is 728. The molecule has 0 atom stereocenters. The van der Waals surface area contributed by atoms with Crippen molar-refractivity contribution in [1.29, 1.82) is 0 Å². The Morgan fingerprint density at radius 1 is 1.24 bits per heavy atom. The van der Waals surface area contributed by atoms with E-state index in [0.717, 1.165) is 11.8 Å². The molecule has 1 heterocycles. The number of rotatable bonds is 6. The maximum absolute atomic E-state index is 12.3. The molecule has 0 aromatic heterocycles. The van der Waals surface area contributed by atoms with Gasteiger partial charge in [0, 0.05) is 6.04 Å². The zero-order chi connectivity index (χ0) is 18.6. The van der Waals surface area contributed by atoms with Crippen LogP contribution in [0.1, 0.15) is 19.4 Å². The lowest BCUT2D eigenvalue weighted by Gasteiger charge is -2.16. The monoisotopic (exact) mass is 365 g/mol. The van der Waals surface area contributed by atoms with Crippen molar-refractivity contribution in [3.63, 3.8) is 0 Å². The average Bonchev–Trinajstić information content (AvgIpc) is 2.86. The van der Waals surface area contributed by atoms with E-state index in [1.54, 1.807) is 38.1 Å². The Morgan fingerprint density at radius 3 is 2.52 bits per heavy atom. The van der Waals surface area contributed by atoms with Crippen molar-refractivity contribution in [2.75, 3.05) is 20.8 Å². The predicted octanol–water partition coefficient (Wildman–Crippen LogP) is 2.69. The van der Waals surface area contributed by atoms with Crippen LogP contribution in [0.4, 0.5) is 4.79 Å². The van der Waals surface area contributed by atoms with Gasteiger partial charge in [-0.1, -0.05) is 6.07 Å². The third-order valence-corrected chi connectivity index (χ3v) is 4.28. The second kappa shape index (κ2) is 8.06. The number of carbonyl (C=O) groups excluding carboxylic acids is 3. The van der Waals surface area contributed by atoms with Crippen LogP contribution in [0.3, 0.4) is 0 Å². The number of carbonyl (C=O) groups is 3. The number of esters is 1. The Hall–Kier alpha value is -2.48. The van der Waals surface area contributed by atoms with Gasteiger partial charge in [0.2, 0.25) is 0 Å². The van der Waals surface area contributed by atoms with Gasteiger partial charge in [0.15, 0.2) is 18.1 Å². The van der Waals surface area contributed by atoms with Crippen molar-refractivity contribution < 1.29 is 28.6 Å². The van der Waals surface area contributed by atoms with E-state index in [9.17, 15) is 14.4 Å². The van der Waals surface area contributed by atoms with Crippen LogP contribution in [0.25, 0.3) is 6.08 Å². The summed E-state index contributed by atoms with van der Waals surface area (Å²) >= 11 is 0.905. The number of hydrogen-bond donors (Lipinski definition) is 0. The molecule has 1 fully saturated rings.